The minimum atomic E-state index is -0.311. The van der Waals surface area contributed by atoms with E-state index < -0.39 is 0 Å². The van der Waals surface area contributed by atoms with Gasteiger partial charge in [-0.05, 0) is 44.3 Å². The number of nitrogens with zero attached hydrogens (tertiary/aromatic N) is 2. The van der Waals surface area contributed by atoms with Crippen molar-refractivity contribution in [1.29, 1.82) is 0 Å². The van der Waals surface area contributed by atoms with Gasteiger partial charge in [-0.1, -0.05) is 18.5 Å². The van der Waals surface area contributed by atoms with Crippen LogP contribution in [-0.2, 0) is 6.42 Å². The second-order valence-electron chi connectivity index (χ2n) is 4.64. The highest BCUT2D eigenvalue weighted by atomic mass is 35.5. The Balaban J connectivity index is 2.00. The van der Waals surface area contributed by atoms with Gasteiger partial charge in [0.05, 0.1) is 5.69 Å². The number of rotatable bonds is 3. The van der Waals surface area contributed by atoms with Crippen LogP contribution in [0, 0.1) is 5.92 Å². The Morgan fingerprint density at radius 1 is 1.65 bits per heavy atom. The smallest absolute Gasteiger partial charge is 0.282 e. The summed E-state index contributed by atoms with van der Waals surface area (Å²) in [7, 11) is 0. The predicted molar refractivity (Wildman–Crippen MR) is 68.4 cm³/mol. The van der Waals surface area contributed by atoms with Gasteiger partial charge in [-0.25, -0.2) is 5.10 Å². The Hall–Kier alpha value is -0.870. The van der Waals surface area contributed by atoms with Gasteiger partial charge >= 0.3 is 0 Å². The van der Waals surface area contributed by atoms with Crippen LogP contribution in [-0.4, -0.2) is 34.7 Å². The van der Waals surface area contributed by atoms with Crippen LogP contribution in [0.1, 0.15) is 25.5 Å². The minimum Gasteiger partial charge on any atom is -0.303 e. The fraction of sp³-hybridized carbons (Fsp3) is 0.667. The molecule has 1 N–H and O–H groups in total. The molecule has 17 heavy (non-hydrogen) atoms. The van der Waals surface area contributed by atoms with E-state index in [4.69, 9.17) is 11.6 Å². The fourth-order valence-corrected chi connectivity index (χ4v) is 2.59. The van der Waals surface area contributed by atoms with Crippen molar-refractivity contribution in [3.8, 4) is 0 Å². The summed E-state index contributed by atoms with van der Waals surface area (Å²) in [5.41, 5.74) is 0.576. The first kappa shape index (κ1) is 12.6. The molecular weight excluding hydrogens is 238 g/mol. The third-order valence-corrected chi connectivity index (χ3v) is 3.64. The molecule has 0 spiro atoms. The first-order valence-electron chi connectivity index (χ1n) is 6.15. The molecule has 94 valence electrons. The molecule has 2 heterocycles. The van der Waals surface area contributed by atoms with Gasteiger partial charge in [-0.3, -0.25) is 4.79 Å². The molecule has 0 amide bonds. The summed E-state index contributed by atoms with van der Waals surface area (Å²) in [4.78, 5) is 13.6. The topological polar surface area (TPSA) is 49.0 Å². The molecule has 1 aliphatic heterocycles. The quantitative estimate of drug-likeness (QED) is 0.894. The summed E-state index contributed by atoms with van der Waals surface area (Å²) < 4.78 is 0. The summed E-state index contributed by atoms with van der Waals surface area (Å²) in [6.07, 6.45) is 3.37. The van der Waals surface area contributed by atoms with Crippen LogP contribution in [0.4, 0.5) is 0 Å². The van der Waals surface area contributed by atoms with Crippen LogP contribution in [0.25, 0.3) is 0 Å². The summed E-state index contributed by atoms with van der Waals surface area (Å²) in [6.45, 7) is 5.62. The summed E-state index contributed by atoms with van der Waals surface area (Å²) in [5.74, 6) is 0.623. The maximum atomic E-state index is 11.1. The number of aromatic nitrogens is 2. The third kappa shape index (κ3) is 3.30. The van der Waals surface area contributed by atoms with E-state index >= 15 is 0 Å². The number of nitrogens with one attached hydrogen (secondary N) is 1. The zero-order chi connectivity index (χ0) is 12.3. The first-order chi connectivity index (χ1) is 8.19. The number of hydrogen-bond acceptors (Lipinski definition) is 3. The van der Waals surface area contributed by atoms with Crippen LogP contribution in [0.15, 0.2) is 10.9 Å². The largest absolute Gasteiger partial charge is 0.303 e. The molecule has 1 aliphatic rings. The molecular formula is C12H18ClN3O. The van der Waals surface area contributed by atoms with Crippen molar-refractivity contribution < 1.29 is 0 Å². The van der Waals surface area contributed by atoms with Gasteiger partial charge < -0.3 is 4.90 Å². The Bertz CT molecular complexity index is 432. The third-order valence-electron chi connectivity index (χ3n) is 3.36. The first-order valence-corrected chi connectivity index (χ1v) is 6.53. The number of hydrogen-bond donors (Lipinski definition) is 1. The van der Waals surface area contributed by atoms with Crippen LogP contribution in [0.5, 0.6) is 0 Å². The molecule has 1 atom stereocenters. The highest BCUT2D eigenvalue weighted by Gasteiger charge is 2.19. The van der Waals surface area contributed by atoms with Crippen molar-refractivity contribution in [3.63, 3.8) is 0 Å². The standard InChI is InChI=1S/C12H18ClN3O/c1-2-16-5-3-4-9(8-16)6-10-7-11(13)12(17)15-14-10/h7,9H,2-6,8H2,1H3,(H,15,17). The molecule has 0 radical (unpaired) electrons. The zero-order valence-electron chi connectivity index (χ0n) is 10.1. The molecule has 1 fully saturated rings. The monoisotopic (exact) mass is 255 g/mol. The summed E-state index contributed by atoms with van der Waals surface area (Å²) in [6, 6.07) is 1.69. The second kappa shape index (κ2) is 5.65. The van der Waals surface area contributed by atoms with Crippen LogP contribution in [0.3, 0.4) is 0 Å². The highest BCUT2D eigenvalue weighted by molar-refractivity contribution is 6.30. The average Bonchev–Trinajstić information content (AvgIpc) is 2.34. The lowest BCUT2D eigenvalue weighted by Gasteiger charge is -2.31. The van der Waals surface area contributed by atoms with E-state index in [9.17, 15) is 4.79 Å². The number of likely N-dealkylation sites (tertiary alicyclic amines) is 1. The predicted octanol–water partition coefficient (Wildman–Crippen LogP) is 1.70. The van der Waals surface area contributed by atoms with Crippen molar-refractivity contribution in [2.45, 2.75) is 26.2 Å². The van der Waals surface area contributed by atoms with E-state index in [0.29, 0.717) is 5.92 Å². The minimum absolute atomic E-state index is 0.234. The maximum Gasteiger partial charge on any atom is 0.282 e. The number of H-pyrrole nitrogens is 1. The van der Waals surface area contributed by atoms with E-state index in [-0.39, 0.29) is 10.6 Å². The molecule has 0 aliphatic carbocycles. The fourth-order valence-electron chi connectivity index (χ4n) is 2.43. The molecule has 1 aromatic rings. The van der Waals surface area contributed by atoms with Gasteiger partial charge in [0, 0.05) is 6.54 Å². The lowest BCUT2D eigenvalue weighted by atomic mass is 9.93. The van der Waals surface area contributed by atoms with E-state index in [2.05, 4.69) is 22.0 Å². The second-order valence-corrected chi connectivity index (χ2v) is 5.05. The molecule has 2 rings (SSSR count). The van der Waals surface area contributed by atoms with Gasteiger partial charge in [-0.2, -0.15) is 5.10 Å². The highest BCUT2D eigenvalue weighted by Crippen LogP contribution is 2.20. The van der Waals surface area contributed by atoms with Crippen molar-refractivity contribution in [2.24, 2.45) is 5.92 Å². The maximum absolute atomic E-state index is 11.1. The molecule has 1 saturated heterocycles. The van der Waals surface area contributed by atoms with Gasteiger partial charge in [0.15, 0.2) is 0 Å². The van der Waals surface area contributed by atoms with Crippen molar-refractivity contribution in [2.75, 3.05) is 19.6 Å². The molecule has 5 heteroatoms. The van der Waals surface area contributed by atoms with Crippen molar-refractivity contribution >= 4 is 11.6 Å². The lowest BCUT2D eigenvalue weighted by molar-refractivity contribution is 0.181. The van der Waals surface area contributed by atoms with Gasteiger partial charge in [0.25, 0.3) is 5.56 Å². The molecule has 0 aromatic carbocycles. The molecule has 0 bridgehead atoms. The zero-order valence-corrected chi connectivity index (χ0v) is 10.8. The van der Waals surface area contributed by atoms with Gasteiger partial charge in [0.1, 0.15) is 5.02 Å². The Labute approximate surface area is 106 Å². The van der Waals surface area contributed by atoms with E-state index in [0.717, 1.165) is 25.2 Å². The lowest BCUT2D eigenvalue weighted by Crippen LogP contribution is -2.36. The van der Waals surface area contributed by atoms with Crippen LogP contribution < -0.4 is 5.56 Å². The van der Waals surface area contributed by atoms with Crippen LogP contribution in [0.2, 0.25) is 5.02 Å². The molecule has 1 unspecified atom stereocenters. The Morgan fingerprint density at radius 3 is 3.18 bits per heavy atom. The summed E-state index contributed by atoms with van der Waals surface area (Å²) >= 11 is 5.79. The van der Waals surface area contributed by atoms with Crippen LogP contribution >= 0.6 is 11.6 Å². The Morgan fingerprint density at radius 2 is 2.47 bits per heavy atom. The van der Waals surface area contributed by atoms with Crippen molar-refractivity contribution in [1.82, 2.24) is 15.1 Å². The van der Waals surface area contributed by atoms with E-state index in [1.807, 2.05) is 0 Å². The summed E-state index contributed by atoms with van der Waals surface area (Å²) in [5, 5.41) is 6.71. The molecule has 0 saturated carbocycles. The number of piperidine rings is 1. The van der Waals surface area contributed by atoms with Gasteiger partial charge in [-0.15, -0.1) is 0 Å². The number of halogens is 1. The van der Waals surface area contributed by atoms with Gasteiger partial charge in [0.2, 0.25) is 0 Å². The van der Waals surface area contributed by atoms with Crippen molar-refractivity contribution in [3.05, 3.63) is 27.1 Å². The molecule has 1 aromatic heterocycles. The SMILES string of the molecule is CCN1CCCC(Cc2cc(Cl)c(=O)[nH]n2)C1. The van der Waals surface area contributed by atoms with E-state index in [1.165, 1.54) is 19.4 Å². The molecule has 4 nitrogen and oxygen atoms in total. The average molecular weight is 256 g/mol. The van der Waals surface area contributed by atoms with E-state index in [1.54, 1.807) is 6.07 Å². The normalized spacial score (nSPS) is 21.6. The number of aromatic amines is 1. The Kier molecular flexibility index (Phi) is 4.18.